The van der Waals surface area contributed by atoms with Crippen LogP contribution in [0, 0.1) is 5.92 Å². The average molecular weight is 433 g/mol. The Balaban J connectivity index is 1.50. The number of thiophene rings is 1. The van der Waals surface area contributed by atoms with E-state index in [0.29, 0.717) is 22.1 Å². The van der Waals surface area contributed by atoms with Crippen LogP contribution < -0.4 is 5.56 Å². The molecule has 3 aromatic heterocycles. The van der Waals surface area contributed by atoms with Crippen molar-refractivity contribution in [1.82, 2.24) is 9.38 Å². The van der Waals surface area contributed by atoms with Crippen LogP contribution >= 0.6 is 27.3 Å². The summed E-state index contributed by atoms with van der Waals surface area (Å²) in [5, 5.41) is 0. The highest BCUT2D eigenvalue weighted by molar-refractivity contribution is 9.10. The molecule has 134 valence electrons. The molecule has 26 heavy (non-hydrogen) atoms. The van der Waals surface area contributed by atoms with E-state index in [9.17, 15) is 9.59 Å². The summed E-state index contributed by atoms with van der Waals surface area (Å²) in [6.45, 7) is 2.22. The highest BCUT2D eigenvalue weighted by atomic mass is 79.9. The van der Waals surface area contributed by atoms with E-state index in [4.69, 9.17) is 4.74 Å². The molecule has 0 N–H and O–H groups in total. The Morgan fingerprint density at radius 1 is 1.42 bits per heavy atom. The van der Waals surface area contributed by atoms with Crippen molar-refractivity contribution >= 4 is 38.9 Å². The number of fused-ring (bicyclic) bond motifs is 2. The minimum atomic E-state index is -0.352. The predicted molar refractivity (Wildman–Crippen MR) is 104 cm³/mol. The van der Waals surface area contributed by atoms with Crippen molar-refractivity contribution in [3.63, 3.8) is 0 Å². The Hall–Kier alpha value is -1.99. The molecule has 0 amide bonds. The molecule has 1 aliphatic carbocycles. The van der Waals surface area contributed by atoms with Gasteiger partial charge in [0.1, 0.15) is 17.1 Å². The van der Waals surface area contributed by atoms with Crippen LogP contribution in [-0.2, 0) is 24.2 Å². The normalized spacial score (nSPS) is 16.5. The Kier molecular flexibility index (Phi) is 4.67. The number of hydrogen-bond acceptors (Lipinski definition) is 5. The number of pyridine rings is 1. The maximum atomic E-state index is 12.4. The molecule has 0 unspecified atom stereocenters. The van der Waals surface area contributed by atoms with E-state index in [1.165, 1.54) is 38.7 Å². The van der Waals surface area contributed by atoms with Crippen molar-refractivity contribution in [2.75, 3.05) is 0 Å². The first-order valence-electron chi connectivity index (χ1n) is 8.46. The fourth-order valence-electron chi connectivity index (χ4n) is 3.22. The smallest absolute Gasteiger partial charge is 0.348 e. The standard InChI is InChI=1S/C19H17BrN2O3S/c1-11-2-4-15-12(6-11)7-16(26-15)19(24)25-10-14-8-18(23)22-9-13(20)3-5-17(22)21-14/h3,5,7-9,11H,2,4,6,10H2,1H3/t11-/m1/s1. The van der Waals surface area contributed by atoms with Gasteiger partial charge in [-0.15, -0.1) is 11.3 Å². The third-order valence-electron chi connectivity index (χ3n) is 4.56. The van der Waals surface area contributed by atoms with Gasteiger partial charge in [0, 0.05) is 21.6 Å². The zero-order valence-corrected chi connectivity index (χ0v) is 16.6. The minimum Gasteiger partial charge on any atom is -0.455 e. The lowest BCUT2D eigenvalue weighted by Gasteiger charge is -2.16. The summed E-state index contributed by atoms with van der Waals surface area (Å²) in [4.78, 5) is 30.9. The summed E-state index contributed by atoms with van der Waals surface area (Å²) in [5.74, 6) is 0.311. The van der Waals surface area contributed by atoms with Gasteiger partial charge in [-0.2, -0.15) is 0 Å². The number of esters is 1. The Morgan fingerprint density at radius 2 is 2.27 bits per heavy atom. The van der Waals surface area contributed by atoms with Crippen LogP contribution in [-0.4, -0.2) is 15.4 Å². The highest BCUT2D eigenvalue weighted by Gasteiger charge is 2.21. The molecule has 0 aromatic carbocycles. The fourth-order valence-corrected chi connectivity index (χ4v) is 4.66. The molecule has 7 heteroatoms. The second kappa shape index (κ2) is 6.96. The van der Waals surface area contributed by atoms with Crippen LogP contribution in [0.1, 0.15) is 39.2 Å². The molecule has 0 bridgehead atoms. The van der Waals surface area contributed by atoms with E-state index < -0.39 is 0 Å². The second-order valence-corrected chi connectivity index (χ2v) is 8.70. The number of aromatic nitrogens is 2. The SMILES string of the molecule is C[C@@H]1CCc2sc(C(=O)OCc3cc(=O)n4cc(Br)ccc4n3)cc2C1. The van der Waals surface area contributed by atoms with Crippen molar-refractivity contribution in [2.24, 2.45) is 5.92 Å². The Morgan fingerprint density at radius 3 is 3.12 bits per heavy atom. The van der Waals surface area contributed by atoms with E-state index in [-0.39, 0.29) is 18.1 Å². The van der Waals surface area contributed by atoms with Crippen LogP contribution in [0.4, 0.5) is 0 Å². The van der Waals surface area contributed by atoms with Gasteiger partial charge in [0.15, 0.2) is 0 Å². The number of ether oxygens (including phenoxy) is 1. The van der Waals surface area contributed by atoms with E-state index in [1.807, 2.05) is 12.1 Å². The molecule has 0 saturated heterocycles. The highest BCUT2D eigenvalue weighted by Crippen LogP contribution is 2.32. The second-order valence-electron chi connectivity index (χ2n) is 6.64. The lowest BCUT2D eigenvalue weighted by Crippen LogP contribution is -2.16. The maximum absolute atomic E-state index is 12.4. The van der Waals surface area contributed by atoms with Gasteiger partial charge in [0.05, 0.1) is 5.69 Å². The van der Waals surface area contributed by atoms with Crippen molar-refractivity contribution in [1.29, 1.82) is 0 Å². The molecule has 0 saturated carbocycles. The van der Waals surface area contributed by atoms with Gasteiger partial charge in [0.25, 0.3) is 5.56 Å². The number of carbonyl (C=O) groups excluding carboxylic acids is 1. The quantitative estimate of drug-likeness (QED) is 0.586. The van der Waals surface area contributed by atoms with Gasteiger partial charge in [-0.05, 0) is 64.9 Å². The van der Waals surface area contributed by atoms with Crippen LogP contribution in [0.5, 0.6) is 0 Å². The maximum Gasteiger partial charge on any atom is 0.348 e. The molecule has 3 aromatic rings. The predicted octanol–water partition coefficient (Wildman–Crippen LogP) is 4.00. The van der Waals surface area contributed by atoms with E-state index >= 15 is 0 Å². The van der Waals surface area contributed by atoms with Crippen molar-refractivity contribution < 1.29 is 9.53 Å². The number of halogens is 1. The van der Waals surface area contributed by atoms with E-state index in [2.05, 4.69) is 27.8 Å². The monoisotopic (exact) mass is 432 g/mol. The summed E-state index contributed by atoms with van der Waals surface area (Å²) in [6.07, 6.45) is 4.89. The molecular formula is C19H17BrN2O3S. The zero-order chi connectivity index (χ0) is 18.3. The summed E-state index contributed by atoms with van der Waals surface area (Å²) < 4.78 is 7.64. The Labute approximate surface area is 162 Å². The largest absolute Gasteiger partial charge is 0.455 e. The van der Waals surface area contributed by atoms with Gasteiger partial charge in [-0.1, -0.05) is 6.92 Å². The van der Waals surface area contributed by atoms with Gasteiger partial charge >= 0.3 is 5.97 Å². The molecule has 3 heterocycles. The minimum absolute atomic E-state index is 0.0143. The van der Waals surface area contributed by atoms with Gasteiger partial charge in [-0.25, -0.2) is 9.78 Å². The van der Waals surface area contributed by atoms with Crippen LogP contribution in [0.2, 0.25) is 0 Å². The molecule has 1 aliphatic rings. The van der Waals surface area contributed by atoms with Crippen LogP contribution in [0.25, 0.3) is 5.65 Å². The molecule has 0 radical (unpaired) electrons. The van der Waals surface area contributed by atoms with E-state index in [1.54, 1.807) is 12.3 Å². The summed E-state index contributed by atoms with van der Waals surface area (Å²) in [5.41, 5.74) is 2.03. The van der Waals surface area contributed by atoms with E-state index in [0.717, 1.165) is 17.3 Å². The van der Waals surface area contributed by atoms with Gasteiger partial charge in [-0.3, -0.25) is 9.20 Å². The Bertz CT molecular complexity index is 1060. The first-order chi connectivity index (χ1) is 12.5. The molecule has 4 rings (SSSR count). The number of rotatable bonds is 3. The van der Waals surface area contributed by atoms with Crippen LogP contribution in [0.3, 0.4) is 0 Å². The molecule has 0 spiro atoms. The number of carbonyl (C=O) groups is 1. The zero-order valence-electron chi connectivity index (χ0n) is 14.2. The number of hydrogen-bond donors (Lipinski definition) is 0. The molecular weight excluding hydrogens is 416 g/mol. The molecule has 1 atom stereocenters. The lowest BCUT2D eigenvalue weighted by molar-refractivity contribution is 0.0473. The number of aryl methyl sites for hydroxylation is 1. The molecule has 0 aliphatic heterocycles. The summed E-state index contributed by atoms with van der Waals surface area (Å²) in [6, 6.07) is 6.91. The lowest BCUT2D eigenvalue weighted by atomic mass is 9.90. The van der Waals surface area contributed by atoms with Gasteiger partial charge in [0.2, 0.25) is 0 Å². The van der Waals surface area contributed by atoms with Gasteiger partial charge < -0.3 is 4.74 Å². The molecule has 0 fully saturated rings. The fraction of sp³-hybridized carbons (Fsp3) is 0.316. The topological polar surface area (TPSA) is 60.7 Å². The van der Waals surface area contributed by atoms with Crippen molar-refractivity contribution in [3.05, 3.63) is 66.3 Å². The average Bonchev–Trinajstić information content (AvgIpc) is 3.03. The first-order valence-corrected chi connectivity index (χ1v) is 10.1. The van der Waals surface area contributed by atoms with Crippen molar-refractivity contribution in [2.45, 2.75) is 32.8 Å². The van der Waals surface area contributed by atoms with Crippen LogP contribution in [0.15, 0.2) is 39.7 Å². The third kappa shape index (κ3) is 3.46. The number of nitrogens with zero attached hydrogens (tertiary/aromatic N) is 2. The van der Waals surface area contributed by atoms with Crippen molar-refractivity contribution in [3.8, 4) is 0 Å². The third-order valence-corrected chi connectivity index (χ3v) is 6.24. The molecule has 5 nitrogen and oxygen atoms in total. The first kappa shape index (κ1) is 17.4. The summed E-state index contributed by atoms with van der Waals surface area (Å²) in [7, 11) is 0. The summed E-state index contributed by atoms with van der Waals surface area (Å²) >= 11 is 4.85.